The van der Waals surface area contributed by atoms with Gasteiger partial charge in [0.2, 0.25) is 5.65 Å². The average molecular weight is 327 g/mol. The van der Waals surface area contributed by atoms with Gasteiger partial charge in [-0.2, -0.15) is 0 Å². The molecule has 4 heterocycles. The van der Waals surface area contributed by atoms with Crippen LogP contribution in [0.5, 0.6) is 0 Å². The van der Waals surface area contributed by atoms with Crippen LogP contribution in [0, 0.1) is 0 Å². The van der Waals surface area contributed by atoms with E-state index in [-0.39, 0.29) is 6.04 Å². The number of aliphatic hydroxyl groups is 1. The lowest BCUT2D eigenvalue weighted by atomic mass is 10.0. The minimum Gasteiger partial charge on any atom is -0.467 e. The molecular weight excluding hydrogens is 306 g/mol. The molecule has 0 radical (unpaired) electrons. The molecule has 0 saturated carbocycles. The average Bonchev–Trinajstić information content (AvgIpc) is 3.24. The second-order valence-electron chi connectivity index (χ2n) is 6.28. The summed E-state index contributed by atoms with van der Waals surface area (Å²) >= 11 is 0. The maximum Gasteiger partial charge on any atom is 0.203 e. The van der Waals surface area contributed by atoms with Gasteiger partial charge in [-0.25, -0.2) is 4.98 Å². The van der Waals surface area contributed by atoms with Gasteiger partial charge in [-0.1, -0.05) is 12.8 Å². The first-order valence-electron chi connectivity index (χ1n) is 8.45. The molecule has 0 amide bonds. The standard InChI is InChI=1S/C17H21N5O2/c23-14(15-6-4-10-24-15)11-13-5-2-1-3-8-22(13)16-17-20-19-12-21(17)9-7-18-16/h4,6-7,9-10,12-14,23H,1-3,5,8,11H2/t13-,14+/m1/s1. The highest BCUT2D eigenvalue weighted by Crippen LogP contribution is 2.30. The first-order chi connectivity index (χ1) is 11.8. The van der Waals surface area contributed by atoms with Gasteiger partial charge in [0.1, 0.15) is 18.2 Å². The third kappa shape index (κ3) is 2.87. The van der Waals surface area contributed by atoms with Gasteiger partial charge in [0.25, 0.3) is 0 Å². The van der Waals surface area contributed by atoms with Crippen molar-refractivity contribution in [3.63, 3.8) is 0 Å². The maximum atomic E-state index is 10.5. The van der Waals surface area contributed by atoms with Crippen molar-refractivity contribution in [2.45, 2.75) is 44.2 Å². The number of hydrogen-bond acceptors (Lipinski definition) is 6. The van der Waals surface area contributed by atoms with Crippen molar-refractivity contribution in [2.24, 2.45) is 0 Å². The third-order valence-electron chi connectivity index (χ3n) is 4.71. The largest absolute Gasteiger partial charge is 0.467 e. The Labute approximate surface area is 139 Å². The van der Waals surface area contributed by atoms with E-state index in [2.05, 4.69) is 20.1 Å². The number of rotatable bonds is 4. The third-order valence-corrected chi connectivity index (χ3v) is 4.71. The van der Waals surface area contributed by atoms with Crippen LogP contribution in [0.2, 0.25) is 0 Å². The van der Waals surface area contributed by atoms with E-state index in [9.17, 15) is 5.11 Å². The molecule has 2 atom stereocenters. The molecule has 7 heteroatoms. The lowest BCUT2D eigenvalue weighted by Gasteiger charge is -2.32. The molecule has 7 nitrogen and oxygen atoms in total. The molecule has 1 aliphatic heterocycles. The monoisotopic (exact) mass is 327 g/mol. The molecule has 0 aromatic carbocycles. The van der Waals surface area contributed by atoms with Crippen molar-refractivity contribution in [2.75, 3.05) is 11.4 Å². The first-order valence-corrected chi connectivity index (χ1v) is 8.45. The first kappa shape index (κ1) is 15.1. The van der Waals surface area contributed by atoms with Crippen LogP contribution in [0.4, 0.5) is 5.82 Å². The SMILES string of the molecule is O[C@@H](C[C@H]1CCCCCN1c1nccn2cnnc12)c1ccco1. The summed E-state index contributed by atoms with van der Waals surface area (Å²) in [5, 5.41) is 18.7. The highest BCUT2D eigenvalue weighted by molar-refractivity contribution is 5.63. The topological polar surface area (TPSA) is 79.7 Å². The lowest BCUT2D eigenvalue weighted by molar-refractivity contribution is 0.129. The summed E-state index contributed by atoms with van der Waals surface area (Å²) < 4.78 is 7.24. The molecule has 1 saturated heterocycles. The molecule has 0 aliphatic carbocycles. The molecule has 3 aromatic heterocycles. The van der Waals surface area contributed by atoms with E-state index in [4.69, 9.17) is 4.42 Å². The Morgan fingerprint density at radius 3 is 3.17 bits per heavy atom. The van der Waals surface area contributed by atoms with E-state index >= 15 is 0 Å². The fraction of sp³-hybridized carbons (Fsp3) is 0.471. The van der Waals surface area contributed by atoms with E-state index in [1.807, 2.05) is 22.7 Å². The van der Waals surface area contributed by atoms with E-state index in [0.29, 0.717) is 12.2 Å². The molecule has 3 aromatic rings. The second kappa shape index (κ2) is 6.60. The molecule has 0 bridgehead atoms. The van der Waals surface area contributed by atoms with Gasteiger partial charge in [-0.05, 0) is 25.0 Å². The van der Waals surface area contributed by atoms with Gasteiger partial charge in [0.05, 0.1) is 6.26 Å². The fourth-order valence-corrected chi connectivity index (χ4v) is 3.50. The Hall–Kier alpha value is -2.41. The van der Waals surface area contributed by atoms with Gasteiger partial charge in [-0.3, -0.25) is 4.40 Å². The second-order valence-corrected chi connectivity index (χ2v) is 6.28. The van der Waals surface area contributed by atoms with E-state index in [0.717, 1.165) is 37.3 Å². The molecule has 0 unspecified atom stereocenters. The Bertz CT molecular complexity index is 785. The van der Waals surface area contributed by atoms with Gasteiger partial charge >= 0.3 is 0 Å². The van der Waals surface area contributed by atoms with Gasteiger partial charge in [-0.15, -0.1) is 10.2 Å². The Morgan fingerprint density at radius 1 is 1.33 bits per heavy atom. The van der Waals surface area contributed by atoms with Gasteiger partial charge in [0.15, 0.2) is 5.82 Å². The smallest absolute Gasteiger partial charge is 0.203 e. The maximum absolute atomic E-state index is 10.5. The van der Waals surface area contributed by atoms with Crippen LogP contribution in [0.25, 0.3) is 5.65 Å². The van der Waals surface area contributed by atoms with E-state index < -0.39 is 6.10 Å². The van der Waals surface area contributed by atoms with Crippen molar-refractivity contribution in [3.05, 3.63) is 42.9 Å². The summed E-state index contributed by atoms with van der Waals surface area (Å²) in [5.74, 6) is 1.46. The number of furan rings is 1. The van der Waals surface area contributed by atoms with Crippen LogP contribution in [0.15, 0.2) is 41.5 Å². The summed E-state index contributed by atoms with van der Waals surface area (Å²) in [5.41, 5.74) is 0.761. The zero-order chi connectivity index (χ0) is 16.4. The van der Waals surface area contributed by atoms with E-state index in [1.54, 1.807) is 18.8 Å². The summed E-state index contributed by atoms with van der Waals surface area (Å²) in [4.78, 5) is 6.84. The van der Waals surface area contributed by atoms with Gasteiger partial charge < -0.3 is 14.4 Å². The number of hydrogen-bond donors (Lipinski definition) is 1. The van der Waals surface area contributed by atoms with Crippen LogP contribution in [0.1, 0.15) is 44.0 Å². The number of aliphatic hydroxyl groups excluding tert-OH is 1. The molecule has 1 aliphatic rings. The lowest BCUT2D eigenvalue weighted by Crippen LogP contribution is -2.37. The van der Waals surface area contributed by atoms with Crippen molar-refractivity contribution in [1.82, 2.24) is 19.6 Å². The predicted octanol–water partition coefficient (Wildman–Crippen LogP) is 2.59. The van der Waals surface area contributed by atoms with Crippen LogP contribution in [-0.2, 0) is 0 Å². The van der Waals surface area contributed by atoms with Crippen molar-refractivity contribution >= 4 is 11.5 Å². The van der Waals surface area contributed by atoms with E-state index in [1.165, 1.54) is 6.42 Å². The Kier molecular flexibility index (Phi) is 4.17. The number of anilines is 1. The van der Waals surface area contributed by atoms with Crippen LogP contribution in [0.3, 0.4) is 0 Å². The van der Waals surface area contributed by atoms with Crippen LogP contribution in [-0.4, -0.2) is 37.3 Å². The summed E-state index contributed by atoms with van der Waals surface area (Å²) in [7, 11) is 0. The van der Waals surface area contributed by atoms with Gasteiger partial charge in [0, 0.05) is 31.4 Å². The molecule has 1 fully saturated rings. The highest BCUT2D eigenvalue weighted by Gasteiger charge is 2.28. The number of nitrogens with zero attached hydrogens (tertiary/aromatic N) is 5. The molecule has 1 N–H and O–H groups in total. The van der Waals surface area contributed by atoms with Crippen LogP contribution >= 0.6 is 0 Å². The zero-order valence-electron chi connectivity index (χ0n) is 13.5. The van der Waals surface area contributed by atoms with Crippen molar-refractivity contribution in [3.8, 4) is 0 Å². The Balaban J connectivity index is 1.64. The number of aromatic nitrogens is 4. The van der Waals surface area contributed by atoms with Crippen molar-refractivity contribution in [1.29, 1.82) is 0 Å². The highest BCUT2D eigenvalue weighted by atomic mass is 16.4. The number of fused-ring (bicyclic) bond motifs is 1. The fourth-order valence-electron chi connectivity index (χ4n) is 3.50. The molecule has 4 rings (SSSR count). The van der Waals surface area contributed by atoms with Crippen molar-refractivity contribution < 1.29 is 9.52 Å². The Morgan fingerprint density at radius 2 is 2.29 bits per heavy atom. The minimum absolute atomic E-state index is 0.197. The summed E-state index contributed by atoms with van der Waals surface area (Å²) in [6.45, 7) is 0.912. The predicted molar refractivity (Wildman–Crippen MR) is 88.7 cm³/mol. The summed E-state index contributed by atoms with van der Waals surface area (Å²) in [6, 6.07) is 3.83. The molecule has 0 spiro atoms. The quantitative estimate of drug-likeness (QED) is 0.793. The van der Waals surface area contributed by atoms with Crippen LogP contribution < -0.4 is 4.90 Å². The molecular formula is C17H21N5O2. The molecule has 24 heavy (non-hydrogen) atoms. The normalized spacial score (nSPS) is 20.2. The molecule has 126 valence electrons. The zero-order valence-corrected chi connectivity index (χ0v) is 13.5. The minimum atomic E-state index is -0.608. The summed E-state index contributed by atoms with van der Waals surface area (Å²) in [6.07, 6.45) is 11.4.